The average molecular weight is 224 g/mol. The zero-order chi connectivity index (χ0) is 11.7. The van der Waals surface area contributed by atoms with Crippen LogP contribution in [0.3, 0.4) is 0 Å². The Hall–Kier alpha value is -2.15. The van der Waals surface area contributed by atoms with Crippen LogP contribution in [0.2, 0.25) is 0 Å². The molecule has 0 saturated carbocycles. The van der Waals surface area contributed by atoms with E-state index in [1.165, 1.54) is 18.5 Å². The van der Waals surface area contributed by atoms with E-state index in [9.17, 15) is 0 Å². The topological polar surface area (TPSA) is 54.5 Å². The Morgan fingerprint density at radius 3 is 2.88 bits per heavy atom. The van der Waals surface area contributed by atoms with E-state index in [2.05, 4.69) is 26.9 Å². The molecule has 0 N–H and O–H groups in total. The number of rotatable bonds is 1. The van der Waals surface area contributed by atoms with E-state index in [0.29, 0.717) is 5.56 Å². The quantitative estimate of drug-likeness (QED) is 0.745. The molecule has 0 fully saturated rings. The van der Waals surface area contributed by atoms with E-state index in [4.69, 9.17) is 5.26 Å². The van der Waals surface area contributed by atoms with Crippen molar-refractivity contribution in [2.45, 2.75) is 25.8 Å². The third-order valence-electron chi connectivity index (χ3n) is 3.07. The molecule has 0 aliphatic carbocycles. The van der Waals surface area contributed by atoms with Crippen molar-refractivity contribution in [2.24, 2.45) is 0 Å². The molecule has 3 heterocycles. The molecule has 0 saturated heterocycles. The summed E-state index contributed by atoms with van der Waals surface area (Å²) in [4.78, 5) is 4.26. The first kappa shape index (κ1) is 10.0. The van der Waals surface area contributed by atoms with Crippen molar-refractivity contribution >= 4 is 0 Å². The van der Waals surface area contributed by atoms with Gasteiger partial charge in [-0.15, -0.1) is 0 Å². The van der Waals surface area contributed by atoms with E-state index in [1.54, 1.807) is 12.3 Å². The lowest BCUT2D eigenvalue weighted by Gasteiger charge is -2.11. The summed E-state index contributed by atoms with van der Waals surface area (Å²) < 4.78 is 2.07. The van der Waals surface area contributed by atoms with Gasteiger partial charge in [-0.2, -0.15) is 10.4 Å². The highest BCUT2D eigenvalue weighted by molar-refractivity contribution is 5.55. The maximum Gasteiger partial charge on any atom is 0.111 e. The minimum atomic E-state index is 0.581. The van der Waals surface area contributed by atoms with Crippen LogP contribution >= 0.6 is 0 Å². The van der Waals surface area contributed by atoms with Gasteiger partial charge < -0.3 is 0 Å². The molecule has 0 radical (unpaired) electrons. The summed E-state index contributed by atoms with van der Waals surface area (Å²) in [6.07, 6.45) is 5.14. The van der Waals surface area contributed by atoms with Crippen LogP contribution in [0.25, 0.3) is 11.4 Å². The average Bonchev–Trinajstić information content (AvgIpc) is 2.82. The van der Waals surface area contributed by atoms with Crippen LogP contribution in [0.1, 0.15) is 24.1 Å². The van der Waals surface area contributed by atoms with Gasteiger partial charge in [0.05, 0.1) is 11.3 Å². The second-order valence-corrected chi connectivity index (χ2v) is 4.25. The third-order valence-corrected chi connectivity index (χ3v) is 3.07. The van der Waals surface area contributed by atoms with Crippen molar-refractivity contribution in [3.8, 4) is 17.5 Å². The number of hydrogen-bond acceptors (Lipinski definition) is 3. The largest absolute Gasteiger partial charge is 0.269 e. The van der Waals surface area contributed by atoms with Crippen molar-refractivity contribution in [1.82, 2.24) is 14.8 Å². The molecule has 0 atom stereocenters. The summed E-state index contributed by atoms with van der Waals surface area (Å²) in [5, 5.41) is 13.3. The fraction of sp³-hybridized carbons (Fsp3) is 0.308. The zero-order valence-corrected chi connectivity index (χ0v) is 9.43. The van der Waals surface area contributed by atoms with E-state index in [1.807, 2.05) is 6.07 Å². The Bertz CT molecular complexity index is 551. The highest BCUT2D eigenvalue weighted by Gasteiger charge is 2.13. The summed E-state index contributed by atoms with van der Waals surface area (Å²) in [5.41, 5.74) is 3.62. The van der Waals surface area contributed by atoms with Crippen LogP contribution in [-0.4, -0.2) is 14.8 Å². The molecule has 4 nitrogen and oxygen atoms in total. The van der Waals surface area contributed by atoms with Gasteiger partial charge in [-0.1, -0.05) is 0 Å². The number of aromatic nitrogens is 3. The van der Waals surface area contributed by atoms with Crippen molar-refractivity contribution < 1.29 is 0 Å². The van der Waals surface area contributed by atoms with Gasteiger partial charge in [0.25, 0.3) is 0 Å². The maximum atomic E-state index is 8.72. The molecule has 0 unspecified atom stereocenters. The summed E-state index contributed by atoms with van der Waals surface area (Å²) in [6.45, 7) is 1.01. The Morgan fingerprint density at radius 1 is 1.24 bits per heavy atom. The lowest BCUT2D eigenvalue weighted by molar-refractivity contribution is 0.487. The molecule has 3 rings (SSSR count). The standard InChI is InChI=1S/C13H12N4/c14-8-10-4-5-12(15-9-10)13-7-11-3-1-2-6-17(11)16-13/h4-5,7,9H,1-3,6H2. The second-order valence-electron chi connectivity index (χ2n) is 4.25. The lowest BCUT2D eigenvalue weighted by Crippen LogP contribution is -2.10. The van der Waals surface area contributed by atoms with Crippen molar-refractivity contribution in [3.05, 3.63) is 35.7 Å². The molecule has 2 aromatic heterocycles. The molecular formula is C13H12N4. The van der Waals surface area contributed by atoms with Gasteiger partial charge in [0, 0.05) is 18.4 Å². The van der Waals surface area contributed by atoms with E-state index >= 15 is 0 Å². The normalized spacial score (nSPS) is 14.1. The minimum absolute atomic E-state index is 0.581. The number of hydrogen-bond donors (Lipinski definition) is 0. The first-order valence-corrected chi connectivity index (χ1v) is 5.80. The molecule has 0 amide bonds. The number of aryl methyl sites for hydroxylation is 2. The Morgan fingerprint density at radius 2 is 2.18 bits per heavy atom. The van der Waals surface area contributed by atoms with Gasteiger partial charge in [0.15, 0.2) is 0 Å². The maximum absolute atomic E-state index is 8.72. The van der Waals surface area contributed by atoms with Crippen molar-refractivity contribution in [3.63, 3.8) is 0 Å². The van der Waals surface area contributed by atoms with Crippen LogP contribution < -0.4 is 0 Å². The molecule has 1 aliphatic rings. The molecule has 0 bridgehead atoms. The smallest absolute Gasteiger partial charge is 0.111 e. The van der Waals surface area contributed by atoms with Crippen LogP contribution in [0, 0.1) is 11.3 Å². The van der Waals surface area contributed by atoms with Gasteiger partial charge in [0.2, 0.25) is 0 Å². The fourth-order valence-electron chi connectivity index (χ4n) is 2.15. The molecule has 17 heavy (non-hydrogen) atoms. The predicted molar refractivity (Wildman–Crippen MR) is 63.1 cm³/mol. The zero-order valence-electron chi connectivity index (χ0n) is 9.43. The Labute approximate surface area is 99.5 Å². The number of pyridine rings is 1. The van der Waals surface area contributed by atoms with Gasteiger partial charge in [0.1, 0.15) is 11.8 Å². The summed E-state index contributed by atoms with van der Waals surface area (Å²) in [7, 11) is 0. The summed E-state index contributed by atoms with van der Waals surface area (Å²) in [5.74, 6) is 0. The third kappa shape index (κ3) is 1.80. The van der Waals surface area contributed by atoms with Crippen LogP contribution in [0.4, 0.5) is 0 Å². The van der Waals surface area contributed by atoms with Gasteiger partial charge >= 0.3 is 0 Å². The van der Waals surface area contributed by atoms with Gasteiger partial charge in [-0.25, -0.2) is 0 Å². The van der Waals surface area contributed by atoms with E-state index < -0.39 is 0 Å². The van der Waals surface area contributed by atoms with Crippen LogP contribution in [0.5, 0.6) is 0 Å². The molecule has 2 aromatic rings. The summed E-state index contributed by atoms with van der Waals surface area (Å²) in [6, 6.07) is 7.80. The molecule has 0 aromatic carbocycles. The minimum Gasteiger partial charge on any atom is -0.269 e. The number of nitriles is 1. The van der Waals surface area contributed by atoms with Crippen LogP contribution in [0.15, 0.2) is 24.4 Å². The number of nitrogens with zero attached hydrogens (tertiary/aromatic N) is 4. The molecule has 84 valence electrons. The Balaban J connectivity index is 1.98. The highest BCUT2D eigenvalue weighted by atomic mass is 15.3. The molecular weight excluding hydrogens is 212 g/mol. The molecule has 1 aliphatic heterocycles. The van der Waals surface area contributed by atoms with Crippen molar-refractivity contribution in [1.29, 1.82) is 5.26 Å². The second kappa shape index (κ2) is 4.02. The first-order chi connectivity index (χ1) is 8.36. The van der Waals surface area contributed by atoms with Gasteiger partial charge in [-0.3, -0.25) is 9.67 Å². The molecule has 0 spiro atoms. The first-order valence-electron chi connectivity index (χ1n) is 5.80. The lowest BCUT2D eigenvalue weighted by atomic mass is 10.1. The highest BCUT2D eigenvalue weighted by Crippen LogP contribution is 2.21. The number of fused-ring (bicyclic) bond motifs is 1. The molecule has 4 heteroatoms. The Kier molecular flexibility index (Phi) is 2.37. The van der Waals surface area contributed by atoms with Crippen LogP contribution in [-0.2, 0) is 13.0 Å². The fourth-order valence-corrected chi connectivity index (χ4v) is 2.15. The van der Waals surface area contributed by atoms with E-state index in [0.717, 1.165) is 24.4 Å². The van der Waals surface area contributed by atoms with E-state index in [-0.39, 0.29) is 0 Å². The van der Waals surface area contributed by atoms with Gasteiger partial charge in [-0.05, 0) is 37.5 Å². The van der Waals surface area contributed by atoms with Crippen molar-refractivity contribution in [2.75, 3.05) is 0 Å². The monoisotopic (exact) mass is 224 g/mol. The predicted octanol–water partition coefficient (Wildman–Crippen LogP) is 2.15. The SMILES string of the molecule is N#Cc1ccc(-c2cc3n(n2)CCCC3)nc1. The summed E-state index contributed by atoms with van der Waals surface area (Å²) >= 11 is 0.